The molecular weight excluding hydrogens is 251 g/mol. The summed E-state index contributed by atoms with van der Waals surface area (Å²) in [4.78, 5) is 7.86. The Morgan fingerprint density at radius 3 is 2.85 bits per heavy atom. The van der Waals surface area contributed by atoms with Gasteiger partial charge in [-0.3, -0.25) is 4.98 Å². The second kappa shape index (κ2) is 4.44. The summed E-state index contributed by atoms with van der Waals surface area (Å²) in [5, 5.41) is 1.20. The van der Waals surface area contributed by atoms with Crippen molar-refractivity contribution < 1.29 is 4.39 Å². The van der Waals surface area contributed by atoms with E-state index in [1.54, 1.807) is 12.1 Å². The molecule has 4 rings (SSSR count). The summed E-state index contributed by atoms with van der Waals surface area (Å²) in [6.45, 7) is 0. The first-order chi connectivity index (χ1) is 9.83. The first-order valence-corrected chi connectivity index (χ1v) is 7.07. The second-order valence-corrected chi connectivity index (χ2v) is 5.38. The van der Waals surface area contributed by atoms with E-state index < -0.39 is 0 Å². The molecule has 0 fully saturated rings. The van der Waals surface area contributed by atoms with Crippen molar-refractivity contribution in [2.24, 2.45) is 0 Å². The fraction of sp³-hybridized carbons (Fsp3) is 0.235. The van der Waals surface area contributed by atoms with Gasteiger partial charge in [0.1, 0.15) is 5.82 Å². The summed E-state index contributed by atoms with van der Waals surface area (Å²) in [6.07, 6.45) is 6.52. The van der Waals surface area contributed by atoms with Gasteiger partial charge in [-0.15, -0.1) is 0 Å². The molecule has 0 atom stereocenters. The number of hydrogen-bond acceptors (Lipinski definition) is 1. The Morgan fingerprint density at radius 1 is 1.10 bits per heavy atom. The third-order valence-electron chi connectivity index (χ3n) is 4.13. The van der Waals surface area contributed by atoms with Crippen LogP contribution in [0.25, 0.3) is 22.2 Å². The number of fused-ring (bicyclic) bond motifs is 3. The van der Waals surface area contributed by atoms with Crippen LogP contribution in [0.2, 0.25) is 0 Å². The molecule has 1 aliphatic rings. The van der Waals surface area contributed by atoms with Crippen LogP contribution < -0.4 is 0 Å². The summed E-state index contributed by atoms with van der Waals surface area (Å²) >= 11 is 0. The maximum Gasteiger partial charge on any atom is 0.132 e. The highest BCUT2D eigenvalue weighted by Crippen LogP contribution is 2.31. The van der Waals surface area contributed by atoms with Gasteiger partial charge in [-0.05, 0) is 49.4 Å². The van der Waals surface area contributed by atoms with E-state index in [1.807, 2.05) is 18.3 Å². The number of halogens is 1. The second-order valence-electron chi connectivity index (χ2n) is 5.38. The van der Waals surface area contributed by atoms with E-state index in [0.717, 1.165) is 18.4 Å². The summed E-state index contributed by atoms with van der Waals surface area (Å²) < 4.78 is 13.9. The van der Waals surface area contributed by atoms with Crippen LogP contribution in [0.4, 0.5) is 4.39 Å². The van der Waals surface area contributed by atoms with Crippen molar-refractivity contribution in [2.45, 2.75) is 25.7 Å². The first kappa shape index (κ1) is 11.6. The Kier molecular flexibility index (Phi) is 2.59. The Labute approximate surface area is 116 Å². The molecule has 2 aromatic heterocycles. The number of pyridine rings is 1. The van der Waals surface area contributed by atoms with E-state index in [-0.39, 0.29) is 5.82 Å². The average molecular weight is 266 g/mol. The lowest BCUT2D eigenvalue weighted by molar-refractivity contribution is 0.631. The van der Waals surface area contributed by atoms with Gasteiger partial charge in [-0.2, -0.15) is 0 Å². The van der Waals surface area contributed by atoms with Gasteiger partial charge in [-0.25, -0.2) is 4.39 Å². The smallest absolute Gasteiger partial charge is 0.132 e. The minimum absolute atomic E-state index is 0.219. The van der Waals surface area contributed by atoms with Crippen LogP contribution in [0.1, 0.15) is 24.1 Å². The van der Waals surface area contributed by atoms with Crippen molar-refractivity contribution in [1.82, 2.24) is 9.97 Å². The molecule has 3 heteroatoms. The standard InChI is InChI=1S/C17H15FN2/c18-14-7-3-1-6-12(14)16-9-13-11-5-2-4-8-15(11)20-17(13)10-19-16/h1,3,6-7,9-10,20H,2,4-5,8H2. The molecule has 0 amide bonds. The number of aromatic nitrogens is 2. The zero-order valence-electron chi connectivity index (χ0n) is 11.1. The van der Waals surface area contributed by atoms with Gasteiger partial charge in [0, 0.05) is 16.6 Å². The fourth-order valence-corrected chi connectivity index (χ4v) is 3.12. The third kappa shape index (κ3) is 1.73. The molecule has 1 aromatic carbocycles. The zero-order valence-corrected chi connectivity index (χ0v) is 11.1. The topological polar surface area (TPSA) is 28.7 Å². The normalized spacial score (nSPS) is 14.4. The van der Waals surface area contributed by atoms with Gasteiger partial charge < -0.3 is 4.98 Å². The van der Waals surface area contributed by atoms with E-state index in [0.29, 0.717) is 11.3 Å². The van der Waals surface area contributed by atoms with Crippen LogP contribution in [0, 0.1) is 5.82 Å². The van der Waals surface area contributed by atoms with E-state index in [1.165, 1.54) is 35.6 Å². The molecule has 20 heavy (non-hydrogen) atoms. The lowest BCUT2D eigenvalue weighted by Crippen LogP contribution is -2.00. The predicted molar refractivity (Wildman–Crippen MR) is 78.1 cm³/mol. The molecule has 1 N–H and O–H groups in total. The van der Waals surface area contributed by atoms with E-state index in [2.05, 4.69) is 9.97 Å². The van der Waals surface area contributed by atoms with Crippen LogP contribution in [0.5, 0.6) is 0 Å². The molecule has 100 valence electrons. The van der Waals surface area contributed by atoms with Gasteiger partial charge >= 0.3 is 0 Å². The molecule has 0 saturated heterocycles. The molecule has 0 unspecified atom stereocenters. The number of hydrogen-bond donors (Lipinski definition) is 1. The van der Waals surface area contributed by atoms with Crippen LogP contribution in [-0.2, 0) is 12.8 Å². The number of benzene rings is 1. The highest BCUT2D eigenvalue weighted by Gasteiger charge is 2.16. The van der Waals surface area contributed by atoms with Gasteiger partial charge in [0.15, 0.2) is 0 Å². The van der Waals surface area contributed by atoms with E-state index >= 15 is 0 Å². The predicted octanol–water partition coefficient (Wildman–Crippen LogP) is 4.25. The van der Waals surface area contributed by atoms with E-state index in [4.69, 9.17) is 0 Å². The lowest BCUT2D eigenvalue weighted by Gasteiger charge is -2.10. The maximum absolute atomic E-state index is 13.9. The number of H-pyrrole nitrogens is 1. The summed E-state index contributed by atoms with van der Waals surface area (Å²) in [5.74, 6) is -0.219. The summed E-state index contributed by atoms with van der Waals surface area (Å²) in [7, 11) is 0. The third-order valence-corrected chi connectivity index (χ3v) is 4.13. The van der Waals surface area contributed by atoms with Gasteiger partial charge in [0.25, 0.3) is 0 Å². The number of aromatic amines is 1. The van der Waals surface area contributed by atoms with Crippen molar-refractivity contribution in [1.29, 1.82) is 0 Å². The molecule has 0 saturated carbocycles. The quantitative estimate of drug-likeness (QED) is 0.701. The van der Waals surface area contributed by atoms with Crippen molar-refractivity contribution in [3.8, 4) is 11.3 Å². The zero-order chi connectivity index (χ0) is 13.5. The van der Waals surface area contributed by atoms with Crippen molar-refractivity contribution in [3.63, 3.8) is 0 Å². The number of nitrogens with one attached hydrogen (secondary N) is 1. The minimum atomic E-state index is -0.219. The number of rotatable bonds is 1. The first-order valence-electron chi connectivity index (χ1n) is 7.07. The fourth-order valence-electron chi connectivity index (χ4n) is 3.12. The molecule has 2 nitrogen and oxygen atoms in total. The van der Waals surface area contributed by atoms with Crippen LogP contribution >= 0.6 is 0 Å². The monoisotopic (exact) mass is 266 g/mol. The maximum atomic E-state index is 13.9. The van der Waals surface area contributed by atoms with Crippen LogP contribution in [-0.4, -0.2) is 9.97 Å². The molecule has 0 aliphatic heterocycles. The largest absolute Gasteiger partial charge is 0.357 e. The summed E-state index contributed by atoms with van der Waals surface area (Å²) in [6, 6.07) is 8.83. The van der Waals surface area contributed by atoms with E-state index in [9.17, 15) is 4.39 Å². The van der Waals surface area contributed by atoms with Crippen molar-refractivity contribution in [2.75, 3.05) is 0 Å². The minimum Gasteiger partial charge on any atom is -0.357 e. The highest BCUT2D eigenvalue weighted by molar-refractivity contribution is 5.87. The molecule has 0 spiro atoms. The molecule has 2 heterocycles. The Balaban J connectivity index is 1.92. The molecule has 1 aliphatic carbocycles. The SMILES string of the molecule is Fc1ccccc1-c1cc2c3c([nH]c2cn1)CCCC3. The highest BCUT2D eigenvalue weighted by atomic mass is 19.1. The van der Waals surface area contributed by atoms with Crippen molar-refractivity contribution in [3.05, 3.63) is 53.6 Å². The van der Waals surface area contributed by atoms with Crippen molar-refractivity contribution >= 4 is 10.9 Å². The van der Waals surface area contributed by atoms with Gasteiger partial charge in [0.05, 0.1) is 17.4 Å². The van der Waals surface area contributed by atoms with Crippen LogP contribution in [0.3, 0.4) is 0 Å². The molecule has 0 bridgehead atoms. The Bertz CT molecular complexity index is 789. The number of aryl methyl sites for hydroxylation is 2. The lowest BCUT2D eigenvalue weighted by atomic mass is 9.95. The Hall–Kier alpha value is -2.16. The van der Waals surface area contributed by atoms with Gasteiger partial charge in [0.2, 0.25) is 0 Å². The Morgan fingerprint density at radius 2 is 1.95 bits per heavy atom. The summed E-state index contributed by atoms with van der Waals surface area (Å²) in [5.41, 5.74) is 5.07. The molecular formula is C17H15FN2. The van der Waals surface area contributed by atoms with Gasteiger partial charge in [-0.1, -0.05) is 12.1 Å². The van der Waals surface area contributed by atoms with Crippen LogP contribution in [0.15, 0.2) is 36.5 Å². The average Bonchev–Trinajstić information content (AvgIpc) is 2.85. The number of nitrogens with zero attached hydrogens (tertiary/aromatic N) is 1. The molecule has 0 radical (unpaired) electrons. The molecule has 3 aromatic rings.